The van der Waals surface area contributed by atoms with Gasteiger partial charge in [0.05, 0.1) is 6.61 Å². The third kappa shape index (κ3) is 7.72. The van der Waals surface area contributed by atoms with Gasteiger partial charge >= 0.3 is 0 Å². The molecule has 0 unspecified atom stereocenters. The van der Waals surface area contributed by atoms with E-state index in [1.165, 1.54) is 0 Å². The van der Waals surface area contributed by atoms with E-state index in [0.717, 1.165) is 22.5 Å². The summed E-state index contributed by atoms with van der Waals surface area (Å²) in [7, 11) is 0. The maximum absolute atomic E-state index is 12.1. The number of benzene rings is 3. The molecule has 2 N–H and O–H groups in total. The number of hydrogen-bond acceptors (Lipinski definition) is 4. The average molecular weight is 467 g/mol. The Morgan fingerprint density at radius 3 is 2.39 bits per heavy atom. The van der Waals surface area contributed by atoms with Crippen molar-refractivity contribution in [2.75, 3.05) is 17.2 Å². The summed E-state index contributed by atoms with van der Waals surface area (Å²) in [5.74, 6) is 1.60. The minimum Gasteiger partial charge on any atom is -0.490 e. The van der Waals surface area contributed by atoms with Gasteiger partial charge in [0.1, 0.15) is 6.61 Å². The van der Waals surface area contributed by atoms with Crippen LogP contribution in [0.4, 0.5) is 11.4 Å². The number of carbonyl (C=O) groups is 1. The van der Waals surface area contributed by atoms with Crippen LogP contribution in [0.15, 0.2) is 66.7 Å². The average Bonchev–Trinajstić information content (AvgIpc) is 2.78. The Labute approximate surface area is 201 Å². The molecule has 3 aromatic carbocycles. The molecule has 0 aromatic heterocycles. The number of halogens is 1. The summed E-state index contributed by atoms with van der Waals surface area (Å²) in [6, 6.07) is 21.3. The monoisotopic (exact) mass is 466 g/mol. The van der Waals surface area contributed by atoms with Gasteiger partial charge < -0.3 is 20.1 Å². The van der Waals surface area contributed by atoms with Gasteiger partial charge in [0.2, 0.25) is 5.91 Å². The van der Waals surface area contributed by atoms with Crippen molar-refractivity contribution in [2.24, 2.45) is 5.92 Å². The van der Waals surface area contributed by atoms with Gasteiger partial charge in [-0.05, 0) is 48.2 Å². The van der Waals surface area contributed by atoms with Gasteiger partial charge in [-0.2, -0.15) is 0 Å². The summed E-state index contributed by atoms with van der Waals surface area (Å²) in [4.78, 5) is 12.1. The fourth-order valence-corrected chi connectivity index (χ4v) is 3.54. The highest BCUT2D eigenvalue weighted by Gasteiger charge is 2.12. The number of nitrogens with one attached hydrogen (secondary N) is 2. The molecule has 0 atom stereocenters. The first-order valence-electron chi connectivity index (χ1n) is 11.2. The SMILES string of the molecule is CCOc1cc(CNc2cccc(NC(=O)CC(C)C)c2)c(Cl)cc1OCc1ccccc1. The van der Waals surface area contributed by atoms with Gasteiger partial charge in [-0.3, -0.25) is 4.79 Å². The van der Waals surface area contributed by atoms with Crippen LogP contribution in [-0.2, 0) is 17.9 Å². The second-order valence-electron chi connectivity index (χ2n) is 8.18. The molecule has 0 fully saturated rings. The quantitative estimate of drug-likeness (QED) is 0.322. The molecule has 0 saturated heterocycles. The summed E-state index contributed by atoms with van der Waals surface area (Å²) < 4.78 is 11.8. The van der Waals surface area contributed by atoms with E-state index < -0.39 is 0 Å². The Balaban J connectivity index is 1.67. The van der Waals surface area contributed by atoms with E-state index in [1.807, 2.05) is 81.4 Å². The molecule has 0 spiro atoms. The van der Waals surface area contributed by atoms with Crippen molar-refractivity contribution in [3.05, 3.63) is 82.9 Å². The summed E-state index contributed by atoms with van der Waals surface area (Å²) in [6.07, 6.45) is 0.492. The molecule has 0 aliphatic rings. The van der Waals surface area contributed by atoms with Crippen molar-refractivity contribution < 1.29 is 14.3 Å². The number of anilines is 2. The minimum absolute atomic E-state index is 0.0117. The highest BCUT2D eigenvalue weighted by atomic mass is 35.5. The van der Waals surface area contributed by atoms with E-state index in [9.17, 15) is 4.79 Å². The molecule has 0 radical (unpaired) electrons. The van der Waals surface area contributed by atoms with E-state index in [0.29, 0.717) is 48.6 Å². The van der Waals surface area contributed by atoms with Crippen LogP contribution in [0.2, 0.25) is 5.02 Å². The maximum Gasteiger partial charge on any atom is 0.224 e. The molecule has 174 valence electrons. The third-order valence-corrected chi connectivity index (χ3v) is 5.22. The Kier molecular flexibility index (Phi) is 9.02. The van der Waals surface area contributed by atoms with Crippen LogP contribution in [0.3, 0.4) is 0 Å². The van der Waals surface area contributed by atoms with Crippen molar-refractivity contribution in [3.8, 4) is 11.5 Å². The normalized spacial score (nSPS) is 10.7. The molecule has 3 rings (SSSR count). The molecule has 3 aromatic rings. The minimum atomic E-state index is 0.0117. The second kappa shape index (κ2) is 12.2. The number of hydrogen-bond donors (Lipinski definition) is 2. The topological polar surface area (TPSA) is 59.6 Å². The van der Waals surface area contributed by atoms with Gasteiger partial charge in [0.15, 0.2) is 11.5 Å². The summed E-state index contributed by atoms with van der Waals surface area (Å²) >= 11 is 6.57. The van der Waals surface area contributed by atoms with E-state index >= 15 is 0 Å². The lowest BCUT2D eigenvalue weighted by atomic mass is 10.1. The fourth-order valence-electron chi connectivity index (χ4n) is 3.32. The first-order chi connectivity index (χ1) is 15.9. The molecule has 0 heterocycles. The van der Waals surface area contributed by atoms with Crippen LogP contribution in [0, 0.1) is 5.92 Å². The van der Waals surface area contributed by atoms with Crippen LogP contribution in [0.1, 0.15) is 38.3 Å². The lowest BCUT2D eigenvalue weighted by Gasteiger charge is -2.16. The lowest BCUT2D eigenvalue weighted by molar-refractivity contribution is -0.116. The van der Waals surface area contributed by atoms with Crippen molar-refractivity contribution in [3.63, 3.8) is 0 Å². The van der Waals surface area contributed by atoms with Crippen LogP contribution in [-0.4, -0.2) is 12.5 Å². The van der Waals surface area contributed by atoms with Crippen LogP contribution in [0.5, 0.6) is 11.5 Å². The van der Waals surface area contributed by atoms with E-state index in [2.05, 4.69) is 10.6 Å². The summed E-state index contributed by atoms with van der Waals surface area (Å²) in [5, 5.41) is 6.91. The number of ether oxygens (including phenoxy) is 2. The first-order valence-corrected chi connectivity index (χ1v) is 11.6. The van der Waals surface area contributed by atoms with Gasteiger partial charge in [-0.1, -0.05) is 61.8 Å². The zero-order valence-electron chi connectivity index (χ0n) is 19.4. The second-order valence-corrected chi connectivity index (χ2v) is 8.59. The maximum atomic E-state index is 12.1. The van der Waals surface area contributed by atoms with E-state index in [4.69, 9.17) is 21.1 Å². The van der Waals surface area contributed by atoms with Crippen LogP contribution < -0.4 is 20.1 Å². The zero-order chi connectivity index (χ0) is 23.6. The molecular weight excluding hydrogens is 436 g/mol. The van der Waals surface area contributed by atoms with Gasteiger partial charge in [0.25, 0.3) is 0 Å². The number of amides is 1. The third-order valence-electron chi connectivity index (χ3n) is 4.87. The van der Waals surface area contributed by atoms with Crippen molar-refractivity contribution in [1.82, 2.24) is 0 Å². The Morgan fingerprint density at radius 1 is 0.939 bits per heavy atom. The Hall–Kier alpha value is -3.18. The van der Waals surface area contributed by atoms with Crippen molar-refractivity contribution in [2.45, 2.75) is 40.3 Å². The molecule has 1 amide bonds. The number of rotatable bonds is 11. The van der Waals surface area contributed by atoms with Crippen molar-refractivity contribution >= 4 is 28.9 Å². The smallest absolute Gasteiger partial charge is 0.224 e. The summed E-state index contributed by atoms with van der Waals surface area (Å²) in [5.41, 5.74) is 3.61. The molecule has 6 heteroatoms. The fraction of sp³-hybridized carbons (Fsp3) is 0.296. The van der Waals surface area contributed by atoms with Gasteiger partial charge in [0, 0.05) is 35.4 Å². The highest BCUT2D eigenvalue weighted by Crippen LogP contribution is 2.34. The Morgan fingerprint density at radius 2 is 1.67 bits per heavy atom. The van der Waals surface area contributed by atoms with E-state index in [-0.39, 0.29) is 5.91 Å². The lowest BCUT2D eigenvalue weighted by Crippen LogP contribution is -2.14. The highest BCUT2D eigenvalue weighted by molar-refractivity contribution is 6.31. The first kappa shape index (κ1) is 24.5. The molecule has 0 bridgehead atoms. The predicted molar refractivity (Wildman–Crippen MR) is 135 cm³/mol. The summed E-state index contributed by atoms with van der Waals surface area (Å²) in [6.45, 7) is 7.44. The molecule has 0 aliphatic carbocycles. The largest absolute Gasteiger partial charge is 0.490 e. The van der Waals surface area contributed by atoms with Gasteiger partial charge in [-0.25, -0.2) is 0 Å². The molecule has 0 saturated carbocycles. The Bertz CT molecular complexity index is 1050. The molecule has 0 aliphatic heterocycles. The van der Waals surface area contributed by atoms with E-state index in [1.54, 1.807) is 6.07 Å². The van der Waals surface area contributed by atoms with Crippen molar-refractivity contribution in [1.29, 1.82) is 0 Å². The molecular formula is C27H31ClN2O3. The molecule has 33 heavy (non-hydrogen) atoms. The van der Waals surface area contributed by atoms with Gasteiger partial charge in [-0.15, -0.1) is 0 Å². The zero-order valence-corrected chi connectivity index (χ0v) is 20.1. The standard InChI is InChI=1S/C27H31ClN2O3/c1-4-32-25-14-21(24(28)16-26(25)33-18-20-9-6-5-7-10-20)17-29-22-11-8-12-23(15-22)30-27(31)13-19(2)3/h5-12,14-16,19,29H,4,13,17-18H2,1-3H3,(H,30,31). The predicted octanol–water partition coefficient (Wildman–Crippen LogP) is 6.91. The van der Waals surface area contributed by atoms with Crippen LogP contribution in [0.25, 0.3) is 0 Å². The van der Waals surface area contributed by atoms with Crippen LogP contribution >= 0.6 is 11.6 Å². The molecule has 5 nitrogen and oxygen atoms in total. The number of carbonyl (C=O) groups excluding carboxylic acids is 1.